The Balaban J connectivity index is 2.08. The minimum atomic E-state index is -0.803. The number of carbonyl (C=O) groups is 1. The molecule has 1 amide bonds. The topological polar surface area (TPSA) is 46.3 Å². The van der Waals surface area contributed by atoms with E-state index in [1.54, 1.807) is 4.90 Å². The minimum Gasteiger partial charge on any atom is -0.338 e. The van der Waals surface area contributed by atoms with Gasteiger partial charge in [0.25, 0.3) is 5.91 Å². The predicted molar refractivity (Wildman–Crippen MR) is 64.0 cm³/mol. The quantitative estimate of drug-likeness (QED) is 0.893. The molecule has 0 bridgehead atoms. The Labute approximate surface area is 105 Å². The lowest BCUT2D eigenvalue weighted by Crippen LogP contribution is -2.29. The molecule has 1 fully saturated rings. The predicted octanol–water partition coefficient (Wildman–Crippen LogP) is 1.78. The Bertz CT molecular complexity index is 451. The van der Waals surface area contributed by atoms with E-state index in [0.717, 1.165) is 25.0 Å². The highest BCUT2D eigenvalue weighted by atomic mass is 19.1. The average Bonchev–Trinajstić information content (AvgIpc) is 2.77. The summed E-state index contributed by atoms with van der Waals surface area (Å²) < 4.78 is 26.3. The fraction of sp³-hybridized carbons (Fsp3) is 0.462. The summed E-state index contributed by atoms with van der Waals surface area (Å²) in [4.78, 5) is 13.7. The number of carbonyl (C=O) groups excluding carboxylic acids is 1. The average molecular weight is 254 g/mol. The van der Waals surface area contributed by atoms with E-state index < -0.39 is 11.6 Å². The van der Waals surface area contributed by atoms with Gasteiger partial charge in [-0.2, -0.15) is 0 Å². The number of likely N-dealkylation sites (tertiary alicyclic amines) is 1. The van der Waals surface area contributed by atoms with Crippen molar-refractivity contribution in [2.75, 3.05) is 19.6 Å². The third-order valence-electron chi connectivity index (χ3n) is 3.31. The number of benzene rings is 1. The van der Waals surface area contributed by atoms with Crippen LogP contribution in [0.1, 0.15) is 23.2 Å². The summed E-state index contributed by atoms with van der Waals surface area (Å²) in [5, 5.41) is 0. The van der Waals surface area contributed by atoms with Gasteiger partial charge < -0.3 is 10.6 Å². The number of amides is 1. The molecule has 0 aliphatic carbocycles. The molecule has 18 heavy (non-hydrogen) atoms. The molecule has 5 heteroatoms. The number of rotatable bonds is 3. The Morgan fingerprint density at radius 2 is 2.22 bits per heavy atom. The molecule has 0 radical (unpaired) electrons. The van der Waals surface area contributed by atoms with Crippen LogP contribution in [-0.4, -0.2) is 30.4 Å². The van der Waals surface area contributed by atoms with Crippen molar-refractivity contribution in [3.8, 4) is 0 Å². The third-order valence-corrected chi connectivity index (χ3v) is 3.31. The van der Waals surface area contributed by atoms with Gasteiger partial charge in [-0.1, -0.05) is 0 Å². The molecule has 98 valence electrons. The molecule has 0 aromatic heterocycles. The van der Waals surface area contributed by atoms with Crippen LogP contribution >= 0.6 is 0 Å². The van der Waals surface area contributed by atoms with Crippen molar-refractivity contribution in [2.24, 2.45) is 11.7 Å². The SMILES string of the molecule is NCCC1CCN(C(=O)c2ccc(F)cc2F)C1. The zero-order chi connectivity index (χ0) is 13.1. The van der Waals surface area contributed by atoms with Crippen LogP contribution in [0.15, 0.2) is 18.2 Å². The summed E-state index contributed by atoms with van der Waals surface area (Å²) in [6, 6.07) is 3.04. The highest BCUT2D eigenvalue weighted by Gasteiger charge is 2.27. The first kappa shape index (κ1) is 13.0. The first-order valence-corrected chi connectivity index (χ1v) is 6.06. The van der Waals surface area contributed by atoms with Crippen LogP contribution < -0.4 is 5.73 Å². The Kier molecular flexibility index (Phi) is 3.91. The lowest BCUT2D eigenvalue weighted by atomic mass is 10.1. The van der Waals surface area contributed by atoms with Gasteiger partial charge in [0.1, 0.15) is 11.6 Å². The molecule has 0 spiro atoms. The Morgan fingerprint density at radius 3 is 2.89 bits per heavy atom. The van der Waals surface area contributed by atoms with Crippen molar-refractivity contribution in [3.05, 3.63) is 35.4 Å². The third kappa shape index (κ3) is 2.67. The highest BCUT2D eigenvalue weighted by molar-refractivity contribution is 5.94. The van der Waals surface area contributed by atoms with Gasteiger partial charge in [0.2, 0.25) is 0 Å². The van der Waals surface area contributed by atoms with Gasteiger partial charge in [-0.05, 0) is 37.4 Å². The van der Waals surface area contributed by atoms with Crippen LogP contribution in [0, 0.1) is 17.6 Å². The standard InChI is InChI=1S/C13H16F2N2O/c14-10-1-2-11(12(15)7-10)13(18)17-6-4-9(8-17)3-5-16/h1-2,7,9H,3-6,8,16H2. The van der Waals surface area contributed by atoms with Gasteiger partial charge in [0, 0.05) is 19.2 Å². The first-order valence-electron chi connectivity index (χ1n) is 6.06. The number of nitrogens with two attached hydrogens (primary N) is 1. The van der Waals surface area contributed by atoms with E-state index in [4.69, 9.17) is 5.73 Å². The zero-order valence-electron chi connectivity index (χ0n) is 10.0. The van der Waals surface area contributed by atoms with Crippen molar-refractivity contribution in [2.45, 2.75) is 12.8 Å². The molecular formula is C13H16F2N2O. The Morgan fingerprint density at radius 1 is 1.44 bits per heavy atom. The molecule has 1 aromatic rings. The van der Waals surface area contributed by atoms with Gasteiger partial charge in [0.15, 0.2) is 0 Å². The second-order valence-electron chi connectivity index (χ2n) is 4.61. The maximum absolute atomic E-state index is 13.5. The smallest absolute Gasteiger partial charge is 0.256 e. The fourth-order valence-corrected chi connectivity index (χ4v) is 2.32. The molecular weight excluding hydrogens is 238 g/mol. The molecule has 1 atom stereocenters. The number of hydrogen-bond donors (Lipinski definition) is 1. The summed E-state index contributed by atoms with van der Waals surface area (Å²) in [5.74, 6) is -1.46. The van der Waals surface area contributed by atoms with Gasteiger partial charge in [-0.15, -0.1) is 0 Å². The summed E-state index contributed by atoms with van der Waals surface area (Å²) >= 11 is 0. The van der Waals surface area contributed by atoms with Crippen molar-refractivity contribution in [1.82, 2.24) is 4.90 Å². The summed E-state index contributed by atoms with van der Waals surface area (Å²) in [6.07, 6.45) is 1.77. The zero-order valence-corrected chi connectivity index (χ0v) is 10.0. The van der Waals surface area contributed by atoms with Crippen LogP contribution in [0.4, 0.5) is 8.78 Å². The van der Waals surface area contributed by atoms with Crippen LogP contribution in [0.3, 0.4) is 0 Å². The van der Waals surface area contributed by atoms with Crippen molar-refractivity contribution < 1.29 is 13.6 Å². The number of nitrogens with zero attached hydrogens (tertiary/aromatic N) is 1. The largest absolute Gasteiger partial charge is 0.338 e. The van der Waals surface area contributed by atoms with Crippen molar-refractivity contribution in [1.29, 1.82) is 0 Å². The Hall–Kier alpha value is -1.49. The van der Waals surface area contributed by atoms with E-state index in [0.29, 0.717) is 25.6 Å². The molecule has 1 heterocycles. The van der Waals surface area contributed by atoms with Crippen LogP contribution in [0.5, 0.6) is 0 Å². The number of hydrogen-bond acceptors (Lipinski definition) is 2. The normalized spacial score (nSPS) is 19.3. The summed E-state index contributed by atoms with van der Waals surface area (Å²) in [5.41, 5.74) is 5.41. The van der Waals surface area contributed by atoms with Crippen LogP contribution in [-0.2, 0) is 0 Å². The van der Waals surface area contributed by atoms with E-state index in [-0.39, 0.29) is 11.5 Å². The molecule has 1 saturated heterocycles. The van der Waals surface area contributed by atoms with Crippen molar-refractivity contribution >= 4 is 5.91 Å². The first-order chi connectivity index (χ1) is 8.61. The van der Waals surface area contributed by atoms with E-state index >= 15 is 0 Å². The van der Waals surface area contributed by atoms with E-state index in [2.05, 4.69) is 0 Å². The van der Waals surface area contributed by atoms with Crippen LogP contribution in [0.25, 0.3) is 0 Å². The van der Waals surface area contributed by atoms with E-state index in [9.17, 15) is 13.6 Å². The molecule has 2 N–H and O–H groups in total. The van der Waals surface area contributed by atoms with E-state index in [1.165, 1.54) is 6.07 Å². The van der Waals surface area contributed by atoms with Gasteiger partial charge in [-0.3, -0.25) is 4.79 Å². The highest BCUT2D eigenvalue weighted by Crippen LogP contribution is 2.22. The molecule has 0 saturated carbocycles. The molecule has 2 rings (SSSR count). The van der Waals surface area contributed by atoms with Gasteiger partial charge in [0.05, 0.1) is 5.56 Å². The van der Waals surface area contributed by atoms with Crippen LogP contribution in [0.2, 0.25) is 0 Å². The summed E-state index contributed by atoms with van der Waals surface area (Å²) in [7, 11) is 0. The number of halogens is 2. The molecule has 1 aliphatic rings. The van der Waals surface area contributed by atoms with E-state index in [1.807, 2.05) is 0 Å². The monoisotopic (exact) mass is 254 g/mol. The fourth-order valence-electron chi connectivity index (χ4n) is 2.32. The second kappa shape index (κ2) is 5.44. The lowest BCUT2D eigenvalue weighted by molar-refractivity contribution is 0.0782. The molecule has 1 unspecified atom stereocenters. The second-order valence-corrected chi connectivity index (χ2v) is 4.61. The van der Waals surface area contributed by atoms with Gasteiger partial charge >= 0.3 is 0 Å². The summed E-state index contributed by atoms with van der Waals surface area (Å²) in [6.45, 7) is 1.81. The molecule has 1 aromatic carbocycles. The van der Waals surface area contributed by atoms with Crippen molar-refractivity contribution in [3.63, 3.8) is 0 Å². The maximum Gasteiger partial charge on any atom is 0.256 e. The lowest BCUT2D eigenvalue weighted by Gasteiger charge is -2.16. The minimum absolute atomic E-state index is 0.0650. The molecule has 1 aliphatic heterocycles. The van der Waals surface area contributed by atoms with Gasteiger partial charge in [-0.25, -0.2) is 8.78 Å². The maximum atomic E-state index is 13.5. The molecule has 3 nitrogen and oxygen atoms in total.